The maximum absolute atomic E-state index is 5.89. The minimum Gasteiger partial charge on any atom is -0.354 e. The van der Waals surface area contributed by atoms with Crippen molar-refractivity contribution in [1.29, 1.82) is 0 Å². The number of benzene rings is 1. The zero-order valence-corrected chi connectivity index (χ0v) is 13.1. The Balaban J connectivity index is 2.08. The van der Waals surface area contributed by atoms with Crippen molar-refractivity contribution in [2.75, 3.05) is 5.32 Å². The predicted octanol–water partition coefficient (Wildman–Crippen LogP) is 4.66. The zero-order valence-electron chi connectivity index (χ0n) is 11.6. The molecular formula is C14H18ClN3S. The third kappa shape index (κ3) is 3.67. The highest BCUT2D eigenvalue weighted by molar-refractivity contribution is 7.09. The standard InChI is InChI=1S/C14H18ClN3S/c1-9(10-5-7-11(15)8-6-10)16-13-17-12(18-19-13)14(2,3)4/h5-9H,1-4H3,(H,16,17,18). The summed E-state index contributed by atoms with van der Waals surface area (Å²) in [7, 11) is 0. The molecule has 102 valence electrons. The van der Waals surface area contributed by atoms with Gasteiger partial charge in [-0.05, 0) is 24.6 Å². The Morgan fingerprint density at radius 2 is 1.84 bits per heavy atom. The van der Waals surface area contributed by atoms with Crippen molar-refractivity contribution in [2.45, 2.75) is 39.2 Å². The summed E-state index contributed by atoms with van der Waals surface area (Å²) in [5, 5.41) is 4.98. The summed E-state index contributed by atoms with van der Waals surface area (Å²) in [6.07, 6.45) is 0. The van der Waals surface area contributed by atoms with Crippen molar-refractivity contribution in [3.05, 3.63) is 40.7 Å². The normalized spacial score (nSPS) is 13.3. The lowest BCUT2D eigenvalue weighted by molar-refractivity contribution is 0.555. The van der Waals surface area contributed by atoms with Gasteiger partial charge in [0, 0.05) is 22.0 Å². The molecule has 0 amide bonds. The molecule has 1 aromatic carbocycles. The SMILES string of the molecule is CC(Nc1nc(C(C)(C)C)ns1)c1ccc(Cl)cc1. The van der Waals surface area contributed by atoms with Gasteiger partial charge >= 0.3 is 0 Å². The fourth-order valence-electron chi connectivity index (χ4n) is 1.61. The van der Waals surface area contributed by atoms with E-state index in [9.17, 15) is 0 Å². The second-order valence-corrected chi connectivity index (χ2v) is 6.78. The van der Waals surface area contributed by atoms with Crippen LogP contribution >= 0.6 is 23.1 Å². The molecule has 1 N–H and O–H groups in total. The van der Waals surface area contributed by atoms with Crippen LogP contribution in [0.15, 0.2) is 24.3 Å². The van der Waals surface area contributed by atoms with Crippen molar-refractivity contribution >= 4 is 28.3 Å². The largest absolute Gasteiger partial charge is 0.354 e. The van der Waals surface area contributed by atoms with Crippen LogP contribution in [0, 0.1) is 0 Å². The van der Waals surface area contributed by atoms with Crippen LogP contribution in [-0.2, 0) is 5.41 Å². The van der Waals surface area contributed by atoms with Crippen molar-refractivity contribution in [1.82, 2.24) is 9.36 Å². The summed E-state index contributed by atoms with van der Waals surface area (Å²) in [5.41, 5.74) is 1.16. The van der Waals surface area contributed by atoms with E-state index in [0.29, 0.717) is 0 Å². The molecule has 0 bridgehead atoms. The van der Waals surface area contributed by atoms with Gasteiger partial charge < -0.3 is 5.32 Å². The van der Waals surface area contributed by atoms with Gasteiger partial charge in [-0.2, -0.15) is 4.37 Å². The highest BCUT2D eigenvalue weighted by Gasteiger charge is 2.20. The van der Waals surface area contributed by atoms with Crippen molar-refractivity contribution in [2.24, 2.45) is 0 Å². The molecule has 2 rings (SSSR count). The van der Waals surface area contributed by atoms with Crippen LogP contribution in [0.3, 0.4) is 0 Å². The highest BCUT2D eigenvalue weighted by atomic mass is 35.5. The van der Waals surface area contributed by atoms with Crippen LogP contribution < -0.4 is 5.32 Å². The van der Waals surface area contributed by atoms with E-state index in [2.05, 4.69) is 42.4 Å². The minimum atomic E-state index is -0.0139. The smallest absolute Gasteiger partial charge is 0.203 e. The van der Waals surface area contributed by atoms with Crippen molar-refractivity contribution in [3.63, 3.8) is 0 Å². The summed E-state index contributed by atoms with van der Waals surface area (Å²) in [6.45, 7) is 8.44. The maximum atomic E-state index is 5.89. The molecule has 0 aliphatic rings. The minimum absolute atomic E-state index is 0.0139. The first-order valence-electron chi connectivity index (χ1n) is 6.22. The van der Waals surface area contributed by atoms with E-state index in [-0.39, 0.29) is 11.5 Å². The molecule has 0 aliphatic carbocycles. The molecule has 0 fully saturated rings. The maximum Gasteiger partial charge on any atom is 0.203 e. The summed E-state index contributed by atoms with van der Waals surface area (Å²) in [6, 6.07) is 8.01. The lowest BCUT2D eigenvalue weighted by atomic mass is 9.96. The molecule has 0 saturated heterocycles. The van der Waals surface area contributed by atoms with E-state index in [4.69, 9.17) is 11.6 Å². The summed E-state index contributed by atoms with van der Waals surface area (Å²) >= 11 is 7.29. The third-order valence-corrected chi connectivity index (χ3v) is 3.71. The van der Waals surface area contributed by atoms with E-state index >= 15 is 0 Å². The average Bonchev–Trinajstić information content (AvgIpc) is 2.78. The number of hydrogen-bond acceptors (Lipinski definition) is 4. The molecular weight excluding hydrogens is 278 g/mol. The van der Waals surface area contributed by atoms with Gasteiger partial charge in [-0.1, -0.05) is 44.5 Å². The second-order valence-electron chi connectivity index (χ2n) is 5.59. The molecule has 0 saturated carbocycles. The fourth-order valence-corrected chi connectivity index (χ4v) is 2.58. The van der Waals surface area contributed by atoms with Gasteiger partial charge in [0.1, 0.15) is 5.82 Å². The number of nitrogens with one attached hydrogen (secondary N) is 1. The first-order chi connectivity index (χ1) is 8.86. The molecule has 1 aromatic heterocycles. The predicted molar refractivity (Wildman–Crippen MR) is 82.1 cm³/mol. The Morgan fingerprint density at radius 3 is 2.37 bits per heavy atom. The number of aromatic nitrogens is 2. The molecule has 0 spiro atoms. The van der Waals surface area contributed by atoms with Crippen LogP contribution in [0.2, 0.25) is 5.02 Å². The Kier molecular flexibility index (Phi) is 4.11. The van der Waals surface area contributed by atoms with Crippen LogP contribution in [-0.4, -0.2) is 9.36 Å². The van der Waals surface area contributed by atoms with E-state index < -0.39 is 0 Å². The second kappa shape index (κ2) is 5.47. The molecule has 2 aromatic rings. The molecule has 0 aliphatic heterocycles. The molecule has 19 heavy (non-hydrogen) atoms. The summed E-state index contributed by atoms with van der Waals surface area (Å²) in [4.78, 5) is 4.53. The van der Waals surface area contributed by atoms with E-state index in [1.54, 1.807) is 0 Å². The third-order valence-electron chi connectivity index (χ3n) is 2.81. The monoisotopic (exact) mass is 295 g/mol. The highest BCUT2D eigenvalue weighted by Crippen LogP contribution is 2.26. The van der Waals surface area contributed by atoms with Gasteiger partial charge in [0.25, 0.3) is 0 Å². The van der Waals surface area contributed by atoms with Gasteiger partial charge in [-0.25, -0.2) is 4.98 Å². The van der Waals surface area contributed by atoms with Crippen LogP contribution in [0.5, 0.6) is 0 Å². The van der Waals surface area contributed by atoms with Crippen LogP contribution in [0.4, 0.5) is 5.13 Å². The molecule has 0 radical (unpaired) electrons. The van der Waals surface area contributed by atoms with Gasteiger partial charge in [0.15, 0.2) is 0 Å². The van der Waals surface area contributed by atoms with E-state index in [1.807, 2.05) is 24.3 Å². The van der Waals surface area contributed by atoms with Crippen molar-refractivity contribution < 1.29 is 0 Å². The summed E-state index contributed by atoms with van der Waals surface area (Å²) in [5.74, 6) is 0.878. The first-order valence-corrected chi connectivity index (χ1v) is 7.37. The molecule has 1 unspecified atom stereocenters. The number of nitrogens with zero attached hydrogens (tertiary/aromatic N) is 2. The quantitative estimate of drug-likeness (QED) is 0.895. The Labute approximate surface area is 123 Å². The van der Waals surface area contributed by atoms with Gasteiger partial charge in [-0.3, -0.25) is 0 Å². The Bertz CT molecular complexity index is 543. The average molecular weight is 296 g/mol. The number of rotatable bonds is 3. The lowest BCUT2D eigenvalue weighted by Crippen LogP contribution is -2.13. The number of anilines is 1. The van der Waals surface area contributed by atoms with Gasteiger partial charge in [0.05, 0.1) is 6.04 Å². The molecule has 1 atom stereocenters. The first kappa shape index (κ1) is 14.3. The topological polar surface area (TPSA) is 37.8 Å². The summed E-state index contributed by atoms with van der Waals surface area (Å²) < 4.78 is 4.40. The molecule has 1 heterocycles. The van der Waals surface area contributed by atoms with Crippen LogP contribution in [0.25, 0.3) is 0 Å². The zero-order chi connectivity index (χ0) is 14.0. The Hall–Kier alpha value is -1.13. The molecule has 3 nitrogen and oxygen atoms in total. The number of halogens is 1. The molecule has 5 heteroatoms. The Morgan fingerprint density at radius 1 is 1.21 bits per heavy atom. The lowest BCUT2D eigenvalue weighted by Gasteiger charge is -2.14. The van der Waals surface area contributed by atoms with E-state index in [0.717, 1.165) is 16.0 Å². The number of hydrogen-bond donors (Lipinski definition) is 1. The van der Waals surface area contributed by atoms with Gasteiger partial charge in [-0.15, -0.1) is 0 Å². The van der Waals surface area contributed by atoms with Crippen molar-refractivity contribution in [3.8, 4) is 0 Å². The van der Waals surface area contributed by atoms with Crippen LogP contribution in [0.1, 0.15) is 45.1 Å². The van der Waals surface area contributed by atoms with Gasteiger partial charge in [0.2, 0.25) is 5.13 Å². The fraction of sp³-hybridized carbons (Fsp3) is 0.429. The van der Waals surface area contributed by atoms with E-state index in [1.165, 1.54) is 17.1 Å².